The van der Waals surface area contributed by atoms with Crippen molar-refractivity contribution in [3.8, 4) is 0 Å². The number of hydrogen-bond acceptors (Lipinski definition) is 21. The summed E-state index contributed by atoms with van der Waals surface area (Å²) in [4.78, 5) is 33.0. The number of methoxy groups -OCH3 is 1. The Morgan fingerprint density at radius 1 is 0.873 bits per heavy atom. The fourth-order valence-corrected chi connectivity index (χ4v) is 13.7. The molecular formula is C56H105ClN4O17S. The molecule has 27 atom stereocenters. The second kappa shape index (κ2) is 29.8. The van der Waals surface area contributed by atoms with Crippen molar-refractivity contribution in [3.63, 3.8) is 0 Å². The number of carbonyl (C=O) groups is 2. The number of halogens is 1. The van der Waals surface area contributed by atoms with Crippen LogP contribution in [0.4, 0.5) is 0 Å². The van der Waals surface area contributed by atoms with E-state index in [1.165, 1.54) is 25.8 Å². The first-order valence-electron chi connectivity index (χ1n) is 28.7. The molecule has 0 saturated carbocycles. The number of likely N-dealkylation sites (N-methyl/N-ethyl adjacent to an activating group) is 3. The molecule has 21 nitrogen and oxygen atoms in total. The first kappa shape index (κ1) is 70.4. The van der Waals surface area contributed by atoms with E-state index >= 15 is 0 Å². The topological polar surface area (TPSA) is 282 Å². The van der Waals surface area contributed by atoms with Crippen LogP contribution in [0.1, 0.15) is 128 Å². The number of hydrogen-bond donors (Lipinski definition) is 9. The highest BCUT2D eigenvalue weighted by atomic mass is 35.5. The molecule has 0 aliphatic carbocycles. The van der Waals surface area contributed by atoms with Crippen molar-refractivity contribution in [2.45, 2.75) is 266 Å². The number of aliphatic hydroxyl groups is 8. The third-order valence-electron chi connectivity index (χ3n) is 17.8. The van der Waals surface area contributed by atoms with Crippen LogP contribution < -0.4 is 5.32 Å². The zero-order valence-electron chi connectivity index (χ0n) is 50.6. The fraction of sp³-hybridized carbons (Fsp3) is 0.964. The molecule has 0 aromatic heterocycles. The number of cyclic esters (lactones) is 1. The minimum atomic E-state index is -1.80. The van der Waals surface area contributed by atoms with Gasteiger partial charge in [0.25, 0.3) is 0 Å². The number of amides is 1. The van der Waals surface area contributed by atoms with Gasteiger partial charge in [-0.1, -0.05) is 34.1 Å². The minimum Gasteiger partial charge on any atom is -0.459 e. The molecule has 5 fully saturated rings. The minimum absolute atomic E-state index is 0.133. The van der Waals surface area contributed by atoms with Crippen LogP contribution in [0.15, 0.2) is 0 Å². The number of rotatable bonds is 14. The van der Waals surface area contributed by atoms with E-state index in [-0.39, 0.29) is 49.3 Å². The van der Waals surface area contributed by atoms with E-state index in [1.807, 2.05) is 63.7 Å². The molecule has 0 spiro atoms. The molecule has 0 bridgehead atoms. The molecule has 0 aromatic rings. The Balaban J connectivity index is 0.000000416. The molecule has 5 aliphatic rings. The Hall–Kier alpha value is -1.10. The average Bonchev–Trinajstić information content (AvgIpc) is 3.76. The Labute approximate surface area is 481 Å². The fourth-order valence-electron chi connectivity index (χ4n) is 12.9. The summed E-state index contributed by atoms with van der Waals surface area (Å²) in [6, 6.07) is -1.74. The standard InChI is InChI=1S/C38H72N2O12.C18H33ClN2O5S/c1-15-27-38(10,46)31(42)24(6)40(13)19-20(2)17-36(8,45)33(52-35-29(41)26(39(11)12)16-21(3)48-35)22(4)30(23(5)34(44)50-27)51-28-18-37(9,47-14)32(43)25(7)49-28;1-5-6-10-7-11(21(3)8-10)17(25)20-12(9(2)19)16-14(23)13(22)15(24)18(26-16)27-4/h20-33,35,41-43,45-46H,15-19H2,1-14H3;9-16,18,22-24H,5-8H2,1-4H3,(H,20,25)/t20-,21-,22+,23-,24-,25+,26+,27-,28+,29-,30+,31-,32+,33-,35+,36-,37-,38-;9-,10+,11-,12+,13-,14+,15+,16+,18+/m10/s1. The molecule has 0 unspecified atom stereocenters. The first-order valence-corrected chi connectivity index (χ1v) is 30.4. The molecule has 0 radical (unpaired) electrons. The average molecular weight is 1170 g/mol. The second-order valence-electron chi connectivity index (χ2n) is 24.9. The number of nitrogens with zero attached hydrogens (tertiary/aromatic N) is 3. The van der Waals surface area contributed by atoms with Crippen LogP contribution in [-0.4, -0.2) is 260 Å². The van der Waals surface area contributed by atoms with Crippen LogP contribution in [0.5, 0.6) is 0 Å². The van der Waals surface area contributed by atoms with Gasteiger partial charge in [-0.2, -0.15) is 0 Å². The van der Waals surface area contributed by atoms with Crippen molar-refractivity contribution in [1.82, 2.24) is 20.0 Å². The number of nitrogens with one attached hydrogen (secondary N) is 1. The highest BCUT2D eigenvalue weighted by Gasteiger charge is 2.54. The van der Waals surface area contributed by atoms with Gasteiger partial charge in [0, 0.05) is 44.6 Å². The lowest BCUT2D eigenvalue weighted by Gasteiger charge is -2.48. The lowest BCUT2D eigenvalue weighted by molar-refractivity contribution is -0.318. The van der Waals surface area contributed by atoms with E-state index in [0.717, 1.165) is 25.8 Å². The van der Waals surface area contributed by atoms with Gasteiger partial charge in [-0.25, -0.2) is 0 Å². The molecular weight excluding hydrogens is 1070 g/mol. The van der Waals surface area contributed by atoms with Gasteiger partial charge < -0.3 is 89.1 Å². The second-order valence-corrected chi connectivity index (χ2v) is 26.5. The number of aliphatic hydroxyl groups excluding tert-OH is 6. The van der Waals surface area contributed by atoms with Crippen LogP contribution in [0.25, 0.3) is 0 Å². The number of thioether (sulfide) groups is 1. The Morgan fingerprint density at radius 2 is 1.51 bits per heavy atom. The van der Waals surface area contributed by atoms with Crippen LogP contribution in [0.3, 0.4) is 0 Å². The van der Waals surface area contributed by atoms with Gasteiger partial charge in [0.15, 0.2) is 12.6 Å². The van der Waals surface area contributed by atoms with E-state index in [1.54, 1.807) is 54.7 Å². The molecule has 0 aromatic carbocycles. The SMILES string of the molecule is CCC[C@@H]1C[C@@H](C(=O)N[C@@H]([C@H]2O[C@H](SC)[C@H](O)[C@@H](O)[C@H]2O)[C@H](C)Cl)N(C)C1.CC[C@H]1OC(=O)[C@H](C)[C@@H](O[C@H]2C[C@@](C)(OC)[C@@H](O)[C@H](C)O2)[C@H](C)[C@@H](O[C@@H]2O[C@H](C)C[C@H](N(C)C)[C@H]2O)[C@](C)(O)C[C@@H](C)CN(C)[C@H](C)[C@@H](O)[C@]1(C)O. The van der Waals surface area contributed by atoms with E-state index in [2.05, 4.69) is 12.2 Å². The van der Waals surface area contributed by atoms with Gasteiger partial charge in [-0.3, -0.25) is 14.5 Å². The van der Waals surface area contributed by atoms with Gasteiger partial charge in [-0.05, 0) is 134 Å². The summed E-state index contributed by atoms with van der Waals surface area (Å²) >= 11 is 7.55. The Bertz CT molecular complexity index is 1880. The van der Waals surface area contributed by atoms with Crippen LogP contribution in [-0.2, 0) is 42.7 Å². The quantitative estimate of drug-likeness (QED) is 0.0891. The van der Waals surface area contributed by atoms with Crippen molar-refractivity contribution in [1.29, 1.82) is 0 Å². The zero-order chi connectivity index (χ0) is 60.0. The summed E-state index contributed by atoms with van der Waals surface area (Å²) in [6.07, 6.45) is -8.29. The zero-order valence-corrected chi connectivity index (χ0v) is 52.2. The predicted octanol–water partition coefficient (Wildman–Crippen LogP) is 2.29. The van der Waals surface area contributed by atoms with Crippen LogP contribution in [0, 0.1) is 23.7 Å². The van der Waals surface area contributed by atoms with Gasteiger partial charge in [0.1, 0.15) is 59.9 Å². The number of esters is 1. The summed E-state index contributed by atoms with van der Waals surface area (Å²) in [5.41, 5.74) is -5.08. The van der Waals surface area contributed by atoms with Crippen molar-refractivity contribution >= 4 is 35.2 Å². The molecule has 5 saturated heterocycles. The van der Waals surface area contributed by atoms with Gasteiger partial charge in [0.05, 0.1) is 59.0 Å². The molecule has 1 amide bonds. The normalized spacial score (nSPS) is 46.3. The third-order valence-corrected chi connectivity index (χ3v) is 19.0. The van der Waals surface area contributed by atoms with E-state index in [9.17, 15) is 50.4 Å². The van der Waals surface area contributed by atoms with Crippen LogP contribution in [0.2, 0.25) is 0 Å². The van der Waals surface area contributed by atoms with Crippen LogP contribution >= 0.6 is 23.4 Å². The molecule has 23 heteroatoms. The number of carbonyl (C=O) groups excluding carboxylic acids is 2. The number of alkyl halides is 1. The molecule has 464 valence electrons. The summed E-state index contributed by atoms with van der Waals surface area (Å²) in [5.74, 6) is -2.23. The molecule has 5 rings (SSSR count). The third kappa shape index (κ3) is 17.1. The van der Waals surface area contributed by atoms with Crippen molar-refractivity contribution in [2.75, 3.05) is 54.6 Å². The lowest BCUT2D eigenvalue weighted by Crippen LogP contribution is -2.65. The molecule has 9 N–H and O–H groups in total. The van der Waals surface area contributed by atoms with Gasteiger partial charge >= 0.3 is 5.97 Å². The monoisotopic (exact) mass is 1170 g/mol. The summed E-state index contributed by atoms with van der Waals surface area (Å²) in [7, 11) is 9.06. The largest absolute Gasteiger partial charge is 0.459 e. The van der Waals surface area contributed by atoms with Gasteiger partial charge in [0.2, 0.25) is 5.91 Å². The maximum Gasteiger partial charge on any atom is 0.311 e. The van der Waals surface area contributed by atoms with Crippen molar-refractivity contribution in [2.24, 2.45) is 23.7 Å². The lowest BCUT2D eigenvalue weighted by atomic mass is 9.77. The summed E-state index contributed by atoms with van der Waals surface area (Å²) < 4.78 is 43.3. The van der Waals surface area contributed by atoms with E-state index < -0.39 is 137 Å². The maximum atomic E-state index is 14.2. The highest BCUT2D eigenvalue weighted by Crippen LogP contribution is 2.41. The summed E-state index contributed by atoms with van der Waals surface area (Å²) in [5, 5.41) is 91.2. The molecule has 79 heavy (non-hydrogen) atoms. The van der Waals surface area contributed by atoms with E-state index in [0.29, 0.717) is 18.9 Å². The smallest absolute Gasteiger partial charge is 0.311 e. The first-order chi connectivity index (χ1) is 36.6. The highest BCUT2D eigenvalue weighted by molar-refractivity contribution is 7.99. The Kier molecular flexibility index (Phi) is 26.6. The molecule has 5 heterocycles. The number of ether oxygens (including phenoxy) is 7. The number of likely N-dealkylation sites (tertiary alicyclic amines) is 1. The predicted molar refractivity (Wildman–Crippen MR) is 301 cm³/mol. The van der Waals surface area contributed by atoms with Crippen molar-refractivity contribution in [3.05, 3.63) is 0 Å². The molecule has 5 aliphatic heterocycles. The van der Waals surface area contributed by atoms with Gasteiger partial charge in [-0.15, -0.1) is 23.4 Å². The maximum absolute atomic E-state index is 14.2. The summed E-state index contributed by atoms with van der Waals surface area (Å²) in [6.45, 7) is 22.8. The van der Waals surface area contributed by atoms with E-state index in [4.69, 9.17) is 44.8 Å². The van der Waals surface area contributed by atoms with Crippen molar-refractivity contribution < 1.29 is 83.6 Å². The Morgan fingerprint density at radius 3 is 2.06 bits per heavy atom.